The van der Waals surface area contributed by atoms with Crippen molar-refractivity contribution in [3.63, 3.8) is 0 Å². The van der Waals surface area contributed by atoms with E-state index in [-0.39, 0.29) is 34.2 Å². The summed E-state index contributed by atoms with van der Waals surface area (Å²) in [5, 5.41) is 26.6. The zero-order valence-electron chi connectivity index (χ0n) is 18.0. The highest BCUT2D eigenvalue weighted by atomic mass is 32.2. The summed E-state index contributed by atoms with van der Waals surface area (Å²) in [5.74, 6) is -1.24. The maximum absolute atomic E-state index is 13.8. The molecule has 3 heterocycles. The maximum Gasteiger partial charge on any atom is 0.416 e. The minimum Gasteiger partial charge on any atom is -0.420 e. The molecule has 7 nitrogen and oxygen atoms in total. The number of halogens is 3. The SMILES string of the molecule is Cc1cc(C)c(C#N)c(SCc2[nH]nc3c2C(c2ccccc2C(F)(F)F)C(C#N)=C(N)O3)n1. The minimum atomic E-state index is -4.65. The van der Waals surface area contributed by atoms with Crippen molar-refractivity contribution >= 4 is 11.8 Å². The van der Waals surface area contributed by atoms with E-state index in [0.717, 1.165) is 17.3 Å². The molecule has 1 atom stereocenters. The van der Waals surface area contributed by atoms with Gasteiger partial charge in [0.05, 0.1) is 28.3 Å². The maximum atomic E-state index is 13.8. The Hall–Kier alpha value is -3.96. The van der Waals surface area contributed by atoms with Gasteiger partial charge >= 0.3 is 6.18 Å². The summed E-state index contributed by atoms with van der Waals surface area (Å²) < 4.78 is 47.0. The zero-order chi connectivity index (χ0) is 24.6. The van der Waals surface area contributed by atoms with Gasteiger partial charge in [-0.05, 0) is 37.1 Å². The summed E-state index contributed by atoms with van der Waals surface area (Å²) in [4.78, 5) is 4.43. The molecule has 0 saturated carbocycles. The van der Waals surface area contributed by atoms with Crippen molar-refractivity contribution in [1.29, 1.82) is 10.5 Å². The normalized spacial score (nSPS) is 15.3. The fourth-order valence-corrected chi connectivity index (χ4v) is 4.98. The Morgan fingerprint density at radius 1 is 1.21 bits per heavy atom. The molecule has 0 radical (unpaired) electrons. The molecule has 0 amide bonds. The molecule has 1 aromatic carbocycles. The van der Waals surface area contributed by atoms with Crippen molar-refractivity contribution in [1.82, 2.24) is 15.2 Å². The van der Waals surface area contributed by atoms with Crippen LogP contribution in [0.25, 0.3) is 0 Å². The molecule has 34 heavy (non-hydrogen) atoms. The molecule has 4 rings (SSSR count). The molecule has 3 N–H and O–H groups in total. The second-order valence-corrected chi connectivity index (χ2v) is 8.56. The first-order valence-corrected chi connectivity index (χ1v) is 11.0. The summed E-state index contributed by atoms with van der Waals surface area (Å²) in [6.07, 6.45) is -4.65. The number of nitrogens with two attached hydrogens (primary N) is 1. The molecule has 0 bridgehead atoms. The van der Waals surface area contributed by atoms with Crippen LogP contribution in [0.5, 0.6) is 5.88 Å². The van der Waals surface area contributed by atoms with Crippen molar-refractivity contribution in [3.05, 3.63) is 81.0 Å². The molecule has 1 aliphatic heterocycles. The predicted octanol–water partition coefficient (Wildman–Crippen LogP) is 4.82. The highest BCUT2D eigenvalue weighted by Gasteiger charge is 2.41. The Bertz CT molecular complexity index is 1400. The lowest BCUT2D eigenvalue weighted by Crippen LogP contribution is -2.23. The van der Waals surface area contributed by atoms with E-state index in [2.05, 4.69) is 21.3 Å². The number of hydrogen-bond donors (Lipinski definition) is 2. The largest absolute Gasteiger partial charge is 0.420 e. The van der Waals surface area contributed by atoms with E-state index in [1.165, 1.54) is 30.0 Å². The monoisotopic (exact) mass is 482 g/mol. The summed E-state index contributed by atoms with van der Waals surface area (Å²) in [6, 6.07) is 10.9. The fraction of sp³-hybridized carbons (Fsp3) is 0.217. The number of benzene rings is 1. The fourth-order valence-electron chi connectivity index (χ4n) is 3.92. The number of fused-ring (bicyclic) bond motifs is 1. The number of aryl methyl sites for hydroxylation is 2. The van der Waals surface area contributed by atoms with Gasteiger partial charge in [0.15, 0.2) is 0 Å². The number of ether oxygens (including phenoxy) is 1. The third-order valence-corrected chi connectivity index (χ3v) is 6.37. The Kier molecular flexibility index (Phi) is 5.98. The summed E-state index contributed by atoms with van der Waals surface area (Å²) in [7, 11) is 0. The number of allylic oxidation sites excluding steroid dienone is 1. The van der Waals surface area contributed by atoms with Crippen LogP contribution < -0.4 is 10.5 Å². The number of rotatable bonds is 4. The average Bonchev–Trinajstić information content (AvgIpc) is 3.18. The highest BCUT2D eigenvalue weighted by molar-refractivity contribution is 7.98. The summed E-state index contributed by atoms with van der Waals surface area (Å²) in [6.45, 7) is 3.61. The number of nitrogens with zero attached hydrogens (tertiary/aromatic N) is 4. The summed E-state index contributed by atoms with van der Waals surface area (Å²) in [5.41, 5.74) is 7.38. The van der Waals surface area contributed by atoms with Crippen LogP contribution in [0.15, 0.2) is 46.8 Å². The molecule has 172 valence electrons. The molecule has 11 heteroatoms. The lowest BCUT2D eigenvalue weighted by molar-refractivity contribution is -0.138. The number of H-pyrrole nitrogens is 1. The number of thioether (sulfide) groups is 1. The molecule has 3 aromatic rings. The Morgan fingerprint density at radius 2 is 1.94 bits per heavy atom. The molecule has 0 spiro atoms. The van der Waals surface area contributed by atoms with E-state index in [9.17, 15) is 23.7 Å². The highest BCUT2D eigenvalue weighted by Crippen LogP contribution is 2.47. The van der Waals surface area contributed by atoms with Gasteiger partial charge in [0.25, 0.3) is 0 Å². The predicted molar refractivity (Wildman–Crippen MR) is 117 cm³/mol. The van der Waals surface area contributed by atoms with E-state index in [0.29, 0.717) is 16.3 Å². The number of nitrogens with one attached hydrogen (secondary N) is 1. The third kappa shape index (κ3) is 4.06. The van der Waals surface area contributed by atoms with Crippen LogP contribution >= 0.6 is 11.8 Å². The van der Waals surface area contributed by atoms with Gasteiger partial charge in [0.2, 0.25) is 11.8 Å². The van der Waals surface area contributed by atoms with Crippen LogP contribution in [0.1, 0.15) is 45.1 Å². The number of aromatic nitrogens is 3. The van der Waals surface area contributed by atoms with E-state index in [1.807, 2.05) is 6.07 Å². The lowest BCUT2D eigenvalue weighted by atomic mass is 9.82. The van der Waals surface area contributed by atoms with Gasteiger partial charge in [-0.1, -0.05) is 30.0 Å². The first-order chi connectivity index (χ1) is 16.2. The van der Waals surface area contributed by atoms with Gasteiger partial charge in [0, 0.05) is 11.4 Å². The van der Waals surface area contributed by atoms with Crippen molar-refractivity contribution in [2.24, 2.45) is 5.73 Å². The molecule has 2 aromatic heterocycles. The smallest absolute Gasteiger partial charge is 0.416 e. The lowest BCUT2D eigenvalue weighted by Gasteiger charge is -2.26. The van der Waals surface area contributed by atoms with E-state index in [1.54, 1.807) is 19.9 Å². The number of alkyl halides is 3. The Balaban J connectivity index is 1.82. The number of aromatic amines is 1. The van der Waals surface area contributed by atoms with Gasteiger partial charge in [-0.2, -0.15) is 23.7 Å². The molecular formula is C23H17F3N6OS. The number of pyridine rings is 1. The zero-order valence-corrected chi connectivity index (χ0v) is 18.8. The van der Waals surface area contributed by atoms with E-state index >= 15 is 0 Å². The number of hydrogen-bond acceptors (Lipinski definition) is 7. The van der Waals surface area contributed by atoms with Crippen molar-refractivity contribution in [3.8, 4) is 18.0 Å². The van der Waals surface area contributed by atoms with Crippen LogP contribution in [-0.2, 0) is 11.9 Å². The van der Waals surface area contributed by atoms with Crippen LogP contribution in [0, 0.1) is 36.5 Å². The quantitative estimate of drug-likeness (QED) is 0.511. The Labute approximate surface area is 197 Å². The second-order valence-electron chi connectivity index (χ2n) is 7.59. The molecule has 0 saturated heterocycles. The van der Waals surface area contributed by atoms with Crippen LogP contribution in [0.4, 0.5) is 13.2 Å². The van der Waals surface area contributed by atoms with E-state index in [4.69, 9.17) is 10.5 Å². The van der Waals surface area contributed by atoms with Crippen LogP contribution in [0.3, 0.4) is 0 Å². The van der Waals surface area contributed by atoms with Gasteiger partial charge in [0.1, 0.15) is 22.7 Å². The third-order valence-electron chi connectivity index (χ3n) is 5.37. The van der Waals surface area contributed by atoms with Crippen LogP contribution in [0.2, 0.25) is 0 Å². The van der Waals surface area contributed by atoms with Crippen molar-refractivity contribution in [2.75, 3.05) is 0 Å². The van der Waals surface area contributed by atoms with Crippen molar-refractivity contribution < 1.29 is 17.9 Å². The molecule has 1 unspecified atom stereocenters. The second kappa shape index (κ2) is 8.76. The molecule has 1 aliphatic rings. The van der Waals surface area contributed by atoms with Gasteiger partial charge in [-0.3, -0.25) is 5.10 Å². The summed E-state index contributed by atoms with van der Waals surface area (Å²) >= 11 is 1.23. The Morgan fingerprint density at radius 3 is 2.62 bits per heavy atom. The van der Waals surface area contributed by atoms with Gasteiger partial charge < -0.3 is 10.5 Å². The standard InChI is InChI=1S/C23H17F3N6OS/c1-11-7-12(2)30-22(14(11)8-27)34-10-17-19-18(13-5-3-4-6-16(13)23(24,25)26)15(9-28)20(29)33-21(19)32-31-17/h3-7,18H,10,29H2,1-2H3,(H,31,32). The minimum absolute atomic E-state index is 0.00275. The van der Waals surface area contributed by atoms with Gasteiger partial charge in [-0.25, -0.2) is 4.98 Å². The molecule has 0 aliphatic carbocycles. The van der Waals surface area contributed by atoms with Crippen LogP contribution in [-0.4, -0.2) is 15.2 Å². The van der Waals surface area contributed by atoms with Gasteiger partial charge in [-0.15, -0.1) is 5.10 Å². The molecular weight excluding hydrogens is 465 g/mol. The topological polar surface area (TPSA) is 124 Å². The van der Waals surface area contributed by atoms with Crippen molar-refractivity contribution in [2.45, 2.75) is 36.7 Å². The molecule has 0 fully saturated rings. The first-order valence-electron chi connectivity index (χ1n) is 9.97. The average molecular weight is 482 g/mol. The number of nitriles is 2. The van der Waals surface area contributed by atoms with E-state index < -0.39 is 17.7 Å². The first kappa shape index (κ1) is 23.2.